The number of unbranched alkanes of at least 4 members (excludes halogenated alkanes) is 13. The molecule has 0 aromatic heterocycles. The lowest BCUT2D eigenvalue weighted by atomic mass is 10.0. The van der Waals surface area contributed by atoms with Gasteiger partial charge in [0.1, 0.15) is 0 Å². The van der Waals surface area contributed by atoms with E-state index >= 15 is 0 Å². The highest BCUT2D eigenvalue weighted by molar-refractivity contribution is 4.64. The highest BCUT2D eigenvalue weighted by atomic mass is 16.5. The summed E-state index contributed by atoms with van der Waals surface area (Å²) in [6, 6.07) is 0. The number of ether oxygens (including phenoxy) is 1. The standard InChI is InChI=1S/C21H44O/c1-5-7-8-9-10-11-12-13-14-15-16-17-18-19-20-22-21(3,4)6-2/h5-20H2,1-4H3. The van der Waals surface area contributed by atoms with Crippen molar-refractivity contribution >= 4 is 0 Å². The van der Waals surface area contributed by atoms with Gasteiger partial charge in [-0.3, -0.25) is 0 Å². The minimum Gasteiger partial charge on any atom is -0.376 e. The second-order valence-corrected chi connectivity index (χ2v) is 7.56. The largest absolute Gasteiger partial charge is 0.376 e. The van der Waals surface area contributed by atoms with Gasteiger partial charge in [-0.1, -0.05) is 97.3 Å². The maximum atomic E-state index is 5.89. The van der Waals surface area contributed by atoms with Gasteiger partial charge >= 0.3 is 0 Å². The maximum absolute atomic E-state index is 5.89. The van der Waals surface area contributed by atoms with Crippen LogP contribution in [0.15, 0.2) is 0 Å². The molecule has 0 aliphatic rings. The van der Waals surface area contributed by atoms with Crippen molar-refractivity contribution in [2.45, 2.75) is 130 Å². The summed E-state index contributed by atoms with van der Waals surface area (Å²) in [7, 11) is 0. The Kier molecular flexibility index (Phi) is 15.8. The Balaban J connectivity index is 3.06. The third kappa shape index (κ3) is 16.3. The van der Waals surface area contributed by atoms with Crippen LogP contribution in [-0.2, 0) is 4.74 Å². The van der Waals surface area contributed by atoms with Gasteiger partial charge in [0.15, 0.2) is 0 Å². The van der Waals surface area contributed by atoms with Gasteiger partial charge in [-0.15, -0.1) is 0 Å². The first kappa shape index (κ1) is 22.0. The van der Waals surface area contributed by atoms with Crippen molar-refractivity contribution in [1.29, 1.82) is 0 Å². The highest BCUT2D eigenvalue weighted by Gasteiger charge is 2.14. The molecule has 0 heterocycles. The van der Waals surface area contributed by atoms with Crippen molar-refractivity contribution in [3.8, 4) is 0 Å². The maximum Gasteiger partial charge on any atom is 0.0623 e. The lowest BCUT2D eigenvalue weighted by Crippen LogP contribution is -2.23. The molecule has 0 aliphatic heterocycles. The van der Waals surface area contributed by atoms with Crippen molar-refractivity contribution in [3.05, 3.63) is 0 Å². The molecule has 0 aromatic rings. The van der Waals surface area contributed by atoms with Crippen LogP contribution in [0.3, 0.4) is 0 Å². The summed E-state index contributed by atoms with van der Waals surface area (Å²) >= 11 is 0. The van der Waals surface area contributed by atoms with Gasteiger partial charge < -0.3 is 4.74 Å². The van der Waals surface area contributed by atoms with Crippen molar-refractivity contribution in [3.63, 3.8) is 0 Å². The molecule has 0 aliphatic carbocycles. The summed E-state index contributed by atoms with van der Waals surface area (Å²) in [6.45, 7) is 9.82. The van der Waals surface area contributed by atoms with Crippen molar-refractivity contribution in [1.82, 2.24) is 0 Å². The van der Waals surface area contributed by atoms with E-state index in [1.165, 1.54) is 89.9 Å². The first-order valence-corrected chi connectivity index (χ1v) is 10.3. The van der Waals surface area contributed by atoms with Gasteiger partial charge in [0.25, 0.3) is 0 Å². The molecule has 0 saturated heterocycles. The molecule has 0 aromatic carbocycles. The summed E-state index contributed by atoms with van der Waals surface area (Å²) in [5.41, 5.74) is 0.0799. The Bertz CT molecular complexity index is 210. The van der Waals surface area contributed by atoms with E-state index in [1.807, 2.05) is 0 Å². The molecule has 0 bridgehead atoms. The summed E-state index contributed by atoms with van der Waals surface area (Å²) < 4.78 is 5.89. The van der Waals surface area contributed by atoms with E-state index in [0.29, 0.717) is 0 Å². The highest BCUT2D eigenvalue weighted by Crippen LogP contribution is 2.15. The fraction of sp³-hybridized carbons (Fsp3) is 1.00. The van der Waals surface area contributed by atoms with E-state index in [4.69, 9.17) is 4.74 Å². The molecule has 1 heteroatoms. The van der Waals surface area contributed by atoms with Gasteiger partial charge in [-0.05, 0) is 26.7 Å². The zero-order valence-electron chi connectivity index (χ0n) is 16.2. The predicted molar refractivity (Wildman–Crippen MR) is 101 cm³/mol. The molecule has 0 N–H and O–H groups in total. The lowest BCUT2D eigenvalue weighted by molar-refractivity contribution is -0.0216. The summed E-state index contributed by atoms with van der Waals surface area (Å²) in [6.07, 6.45) is 21.0. The first-order chi connectivity index (χ1) is 10.6. The smallest absolute Gasteiger partial charge is 0.0623 e. The molecule has 22 heavy (non-hydrogen) atoms. The van der Waals surface area contributed by atoms with Crippen molar-refractivity contribution in [2.75, 3.05) is 6.61 Å². The SMILES string of the molecule is CCCCCCCCCCCCCCCCOC(C)(C)CC. The molecular weight excluding hydrogens is 268 g/mol. The Morgan fingerprint density at radius 2 is 0.909 bits per heavy atom. The number of hydrogen-bond acceptors (Lipinski definition) is 1. The minimum absolute atomic E-state index is 0.0799. The number of hydrogen-bond donors (Lipinski definition) is 0. The van der Waals surface area contributed by atoms with E-state index in [0.717, 1.165) is 13.0 Å². The van der Waals surface area contributed by atoms with Crippen LogP contribution < -0.4 is 0 Å². The molecule has 0 unspecified atom stereocenters. The Morgan fingerprint density at radius 3 is 1.27 bits per heavy atom. The summed E-state index contributed by atoms with van der Waals surface area (Å²) in [5, 5.41) is 0. The van der Waals surface area contributed by atoms with Gasteiger partial charge in [0.05, 0.1) is 5.60 Å². The van der Waals surface area contributed by atoms with Crippen LogP contribution in [0.2, 0.25) is 0 Å². The second-order valence-electron chi connectivity index (χ2n) is 7.56. The lowest BCUT2D eigenvalue weighted by Gasteiger charge is -2.23. The molecule has 0 atom stereocenters. The average Bonchev–Trinajstić information content (AvgIpc) is 2.51. The van der Waals surface area contributed by atoms with E-state index in [-0.39, 0.29) is 5.60 Å². The van der Waals surface area contributed by atoms with E-state index in [1.54, 1.807) is 0 Å². The van der Waals surface area contributed by atoms with E-state index in [9.17, 15) is 0 Å². The normalized spacial score (nSPS) is 12.0. The molecule has 0 amide bonds. The van der Waals surface area contributed by atoms with Crippen LogP contribution in [0, 0.1) is 0 Å². The average molecular weight is 313 g/mol. The monoisotopic (exact) mass is 312 g/mol. The second kappa shape index (κ2) is 15.8. The first-order valence-electron chi connectivity index (χ1n) is 10.3. The molecular formula is C21H44O. The number of rotatable bonds is 17. The Labute approximate surface area is 141 Å². The Morgan fingerprint density at radius 1 is 0.545 bits per heavy atom. The van der Waals surface area contributed by atoms with Crippen LogP contribution >= 0.6 is 0 Å². The molecule has 0 saturated carbocycles. The van der Waals surface area contributed by atoms with Crippen LogP contribution in [-0.4, -0.2) is 12.2 Å². The van der Waals surface area contributed by atoms with Crippen LogP contribution in [0.5, 0.6) is 0 Å². The van der Waals surface area contributed by atoms with Crippen LogP contribution in [0.4, 0.5) is 0 Å². The zero-order valence-corrected chi connectivity index (χ0v) is 16.2. The zero-order chi connectivity index (χ0) is 16.5. The molecule has 134 valence electrons. The predicted octanol–water partition coefficient (Wildman–Crippen LogP) is 7.67. The van der Waals surface area contributed by atoms with Gasteiger partial charge in [-0.2, -0.15) is 0 Å². The van der Waals surface area contributed by atoms with Crippen LogP contribution in [0.25, 0.3) is 0 Å². The Hall–Kier alpha value is -0.0400. The van der Waals surface area contributed by atoms with Gasteiger partial charge in [0.2, 0.25) is 0 Å². The molecule has 0 radical (unpaired) electrons. The van der Waals surface area contributed by atoms with E-state index in [2.05, 4.69) is 27.7 Å². The fourth-order valence-electron chi connectivity index (χ4n) is 2.75. The minimum atomic E-state index is 0.0799. The van der Waals surface area contributed by atoms with Gasteiger partial charge in [-0.25, -0.2) is 0 Å². The van der Waals surface area contributed by atoms with Crippen molar-refractivity contribution < 1.29 is 4.74 Å². The summed E-state index contributed by atoms with van der Waals surface area (Å²) in [5.74, 6) is 0. The molecule has 1 nitrogen and oxygen atoms in total. The van der Waals surface area contributed by atoms with Gasteiger partial charge in [0, 0.05) is 6.61 Å². The third-order valence-corrected chi connectivity index (χ3v) is 4.84. The molecule has 0 rings (SSSR count). The van der Waals surface area contributed by atoms with E-state index < -0.39 is 0 Å². The molecule has 0 fully saturated rings. The quantitative estimate of drug-likeness (QED) is 0.250. The van der Waals surface area contributed by atoms with Crippen LogP contribution in [0.1, 0.15) is 124 Å². The summed E-state index contributed by atoms with van der Waals surface area (Å²) in [4.78, 5) is 0. The van der Waals surface area contributed by atoms with Crippen molar-refractivity contribution in [2.24, 2.45) is 0 Å². The fourth-order valence-corrected chi connectivity index (χ4v) is 2.75. The molecule has 0 spiro atoms. The topological polar surface area (TPSA) is 9.23 Å². The third-order valence-electron chi connectivity index (χ3n) is 4.84.